The first-order valence-corrected chi connectivity index (χ1v) is 7.49. The molecule has 0 spiro atoms. The number of nitrogens with one attached hydrogen (secondary N) is 1. The van der Waals surface area contributed by atoms with Gasteiger partial charge in [0.15, 0.2) is 5.69 Å². The molecule has 7 heteroatoms. The lowest BCUT2D eigenvalue weighted by molar-refractivity contribution is 0.0950. The first kappa shape index (κ1) is 15.9. The lowest BCUT2D eigenvalue weighted by Gasteiger charge is -2.06. The third-order valence-electron chi connectivity index (χ3n) is 3.40. The van der Waals surface area contributed by atoms with E-state index in [1.807, 2.05) is 0 Å². The Morgan fingerprint density at radius 3 is 2.71 bits per heavy atom. The summed E-state index contributed by atoms with van der Waals surface area (Å²) < 4.78 is 1.14. The number of fused-ring (bicyclic) bond motifs is 1. The first-order valence-electron chi connectivity index (χ1n) is 7.11. The second-order valence-electron chi connectivity index (χ2n) is 5.08. The number of carbonyl (C=O) groups is 1. The molecule has 0 aliphatic rings. The summed E-state index contributed by atoms with van der Waals surface area (Å²) in [4.78, 5) is 24.4. The Morgan fingerprint density at radius 1 is 1.21 bits per heavy atom. The van der Waals surface area contributed by atoms with Crippen LogP contribution in [0.4, 0.5) is 0 Å². The molecule has 0 atom stereocenters. The molecule has 0 saturated heterocycles. The van der Waals surface area contributed by atoms with E-state index in [0.29, 0.717) is 15.8 Å². The van der Waals surface area contributed by atoms with Crippen LogP contribution in [0.5, 0.6) is 0 Å². The van der Waals surface area contributed by atoms with Crippen LogP contribution in [0.2, 0.25) is 5.02 Å². The number of nitrogens with zero attached hydrogens (tertiary/aromatic N) is 3. The first-order chi connectivity index (χ1) is 11.6. The molecule has 0 bridgehead atoms. The maximum Gasteiger partial charge on any atom is 0.292 e. The SMILES string of the molecule is Cn1nc(C(=O)N/N=C/c2cccc(Cl)c2)c2ccccc2c1=O. The third-order valence-corrected chi connectivity index (χ3v) is 3.64. The molecule has 0 aliphatic heterocycles. The predicted octanol–water partition coefficient (Wildman–Crippen LogP) is 2.35. The van der Waals surface area contributed by atoms with E-state index >= 15 is 0 Å². The molecule has 6 nitrogen and oxygen atoms in total. The molecule has 0 radical (unpaired) electrons. The minimum Gasteiger partial charge on any atom is -0.267 e. The zero-order valence-electron chi connectivity index (χ0n) is 12.7. The number of amides is 1. The number of hydrazone groups is 1. The zero-order chi connectivity index (χ0) is 17.1. The van der Waals surface area contributed by atoms with E-state index in [1.165, 1.54) is 13.3 Å². The molecule has 1 heterocycles. The molecule has 1 amide bonds. The van der Waals surface area contributed by atoms with Gasteiger partial charge in [0.2, 0.25) is 0 Å². The zero-order valence-corrected chi connectivity index (χ0v) is 13.5. The Hall–Kier alpha value is -2.99. The minimum absolute atomic E-state index is 0.135. The van der Waals surface area contributed by atoms with Crippen molar-refractivity contribution in [2.75, 3.05) is 0 Å². The maximum absolute atomic E-state index is 12.4. The van der Waals surface area contributed by atoms with Crippen LogP contribution in [0.25, 0.3) is 10.8 Å². The quantitative estimate of drug-likeness (QED) is 0.587. The van der Waals surface area contributed by atoms with Gasteiger partial charge in [0.1, 0.15) is 0 Å². The van der Waals surface area contributed by atoms with Crippen LogP contribution in [0.15, 0.2) is 58.4 Å². The van der Waals surface area contributed by atoms with Gasteiger partial charge in [-0.15, -0.1) is 0 Å². The monoisotopic (exact) mass is 340 g/mol. The van der Waals surface area contributed by atoms with Gasteiger partial charge in [-0.25, -0.2) is 10.1 Å². The summed E-state index contributed by atoms with van der Waals surface area (Å²) in [6.45, 7) is 0. The van der Waals surface area contributed by atoms with Gasteiger partial charge in [0, 0.05) is 17.5 Å². The number of halogens is 1. The summed E-state index contributed by atoms with van der Waals surface area (Å²) in [6, 6.07) is 13.9. The van der Waals surface area contributed by atoms with E-state index in [-0.39, 0.29) is 11.3 Å². The summed E-state index contributed by atoms with van der Waals surface area (Å²) in [6.07, 6.45) is 1.48. The molecule has 0 fully saturated rings. The average Bonchev–Trinajstić information content (AvgIpc) is 2.58. The van der Waals surface area contributed by atoms with Gasteiger partial charge in [0.25, 0.3) is 11.5 Å². The maximum atomic E-state index is 12.4. The highest BCUT2D eigenvalue weighted by Crippen LogP contribution is 2.13. The van der Waals surface area contributed by atoms with Crippen LogP contribution < -0.4 is 11.0 Å². The molecule has 24 heavy (non-hydrogen) atoms. The summed E-state index contributed by atoms with van der Waals surface area (Å²) in [7, 11) is 1.50. The van der Waals surface area contributed by atoms with E-state index < -0.39 is 5.91 Å². The van der Waals surface area contributed by atoms with Crippen LogP contribution in [-0.4, -0.2) is 21.9 Å². The number of aryl methyl sites for hydroxylation is 1. The van der Waals surface area contributed by atoms with Gasteiger partial charge in [-0.3, -0.25) is 9.59 Å². The highest BCUT2D eigenvalue weighted by Gasteiger charge is 2.14. The second kappa shape index (κ2) is 6.64. The van der Waals surface area contributed by atoms with E-state index in [0.717, 1.165) is 10.2 Å². The summed E-state index contributed by atoms with van der Waals surface area (Å²) in [5.41, 5.74) is 3.04. The van der Waals surface area contributed by atoms with Crippen molar-refractivity contribution in [3.05, 3.63) is 75.2 Å². The van der Waals surface area contributed by atoms with Crippen LogP contribution >= 0.6 is 11.6 Å². The highest BCUT2D eigenvalue weighted by atomic mass is 35.5. The van der Waals surface area contributed by atoms with Gasteiger partial charge >= 0.3 is 0 Å². The van der Waals surface area contributed by atoms with E-state index in [4.69, 9.17) is 11.6 Å². The fraction of sp³-hybridized carbons (Fsp3) is 0.0588. The fourth-order valence-corrected chi connectivity index (χ4v) is 2.47. The molecule has 3 aromatic rings. The van der Waals surface area contributed by atoms with E-state index in [2.05, 4.69) is 15.6 Å². The van der Waals surface area contributed by atoms with Crippen molar-refractivity contribution < 1.29 is 4.79 Å². The van der Waals surface area contributed by atoms with Gasteiger partial charge in [0.05, 0.1) is 11.6 Å². The molecular weight excluding hydrogens is 328 g/mol. The van der Waals surface area contributed by atoms with Crippen molar-refractivity contribution in [3.63, 3.8) is 0 Å². The van der Waals surface area contributed by atoms with E-state index in [1.54, 1.807) is 48.5 Å². The lowest BCUT2D eigenvalue weighted by atomic mass is 10.1. The average molecular weight is 341 g/mol. The molecule has 0 unspecified atom stereocenters. The predicted molar refractivity (Wildman–Crippen MR) is 93.5 cm³/mol. The number of aromatic nitrogens is 2. The summed E-state index contributed by atoms with van der Waals surface area (Å²) in [5, 5.41) is 9.44. The fourth-order valence-electron chi connectivity index (χ4n) is 2.27. The van der Waals surface area contributed by atoms with Crippen molar-refractivity contribution in [3.8, 4) is 0 Å². The van der Waals surface area contributed by atoms with Crippen molar-refractivity contribution in [1.82, 2.24) is 15.2 Å². The molecule has 120 valence electrons. The van der Waals surface area contributed by atoms with Crippen LogP contribution in [0.3, 0.4) is 0 Å². The molecule has 0 saturated carbocycles. The van der Waals surface area contributed by atoms with Crippen LogP contribution in [0, 0.1) is 0 Å². The number of rotatable bonds is 3. The summed E-state index contributed by atoms with van der Waals surface area (Å²) in [5.74, 6) is -0.500. The number of carbonyl (C=O) groups excluding carboxylic acids is 1. The Bertz CT molecular complexity index is 1010. The Kier molecular flexibility index (Phi) is 4.39. The largest absolute Gasteiger partial charge is 0.292 e. The molecule has 1 aromatic heterocycles. The molecule has 3 rings (SSSR count). The lowest BCUT2D eigenvalue weighted by Crippen LogP contribution is -2.27. The standard InChI is InChI=1S/C17H13ClN4O2/c1-22-17(24)14-8-3-2-7-13(14)15(21-22)16(23)20-19-10-11-5-4-6-12(18)9-11/h2-10H,1H3,(H,20,23)/b19-10+. The minimum atomic E-state index is -0.500. The van der Waals surface area contributed by atoms with Gasteiger partial charge in [-0.2, -0.15) is 10.2 Å². The topological polar surface area (TPSA) is 76.3 Å². The Morgan fingerprint density at radius 2 is 1.96 bits per heavy atom. The van der Waals surface area contributed by atoms with E-state index in [9.17, 15) is 9.59 Å². The smallest absolute Gasteiger partial charge is 0.267 e. The van der Waals surface area contributed by atoms with Crippen molar-refractivity contribution in [2.24, 2.45) is 12.1 Å². The molecule has 2 aromatic carbocycles. The van der Waals surface area contributed by atoms with Crippen LogP contribution in [0.1, 0.15) is 16.1 Å². The van der Waals surface area contributed by atoms with Gasteiger partial charge in [-0.1, -0.05) is 41.9 Å². The molecular formula is C17H13ClN4O2. The van der Waals surface area contributed by atoms with Crippen molar-refractivity contribution in [1.29, 1.82) is 0 Å². The van der Waals surface area contributed by atoms with Gasteiger partial charge in [-0.05, 0) is 23.8 Å². The normalized spacial score (nSPS) is 11.1. The van der Waals surface area contributed by atoms with Crippen LogP contribution in [-0.2, 0) is 7.05 Å². The number of hydrogen-bond donors (Lipinski definition) is 1. The van der Waals surface area contributed by atoms with Crippen molar-refractivity contribution >= 4 is 34.5 Å². The summed E-state index contributed by atoms with van der Waals surface area (Å²) >= 11 is 5.89. The number of hydrogen-bond acceptors (Lipinski definition) is 4. The Labute approximate surface area is 142 Å². The highest BCUT2D eigenvalue weighted by molar-refractivity contribution is 6.30. The molecule has 0 aliphatic carbocycles. The molecule has 1 N–H and O–H groups in total. The third kappa shape index (κ3) is 3.18. The Balaban J connectivity index is 1.89. The van der Waals surface area contributed by atoms with Crippen molar-refractivity contribution in [2.45, 2.75) is 0 Å². The van der Waals surface area contributed by atoms with Gasteiger partial charge < -0.3 is 0 Å². The number of benzene rings is 2. The second-order valence-corrected chi connectivity index (χ2v) is 5.51.